The molecular weight excluding hydrogens is 311 g/mol. The van der Waals surface area contributed by atoms with Crippen LogP contribution in [0.2, 0.25) is 0 Å². The quantitative estimate of drug-likeness (QED) is 0.921. The Morgan fingerprint density at radius 1 is 1.32 bits per heavy atom. The van der Waals surface area contributed by atoms with Gasteiger partial charge in [0.15, 0.2) is 0 Å². The molecule has 0 aromatic heterocycles. The number of carbonyl (C=O) groups is 1. The van der Waals surface area contributed by atoms with Gasteiger partial charge in [0, 0.05) is 17.6 Å². The van der Waals surface area contributed by atoms with Crippen LogP contribution >= 0.6 is 15.9 Å². The topological polar surface area (TPSA) is 32.3 Å². The molecule has 1 heterocycles. The molecule has 1 N–H and O–H groups in total. The van der Waals surface area contributed by atoms with Gasteiger partial charge in [-0.05, 0) is 60.1 Å². The number of benzene rings is 1. The number of nitrogens with one attached hydrogen (secondary N) is 1. The molecule has 1 aliphatic rings. The van der Waals surface area contributed by atoms with Crippen LogP contribution in [0, 0.1) is 5.82 Å². The molecule has 1 amide bonds. The van der Waals surface area contributed by atoms with Gasteiger partial charge in [-0.3, -0.25) is 4.79 Å². The second-order valence-corrected chi connectivity index (χ2v) is 5.64. The Morgan fingerprint density at radius 3 is 2.79 bits per heavy atom. The summed E-state index contributed by atoms with van der Waals surface area (Å²) in [4.78, 5) is 14.3. The molecule has 0 spiro atoms. The van der Waals surface area contributed by atoms with Crippen LogP contribution in [0.1, 0.15) is 29.6 Å². The standard InChI is InChI=1S/C14H18BrFN2O/c15-13-5-4-11(16)10-12(13)14(19)17-6-9-18-7-2-1-3-8-18/h4-5,10H,1-3,6-9H2,(H,17,19). The Kier molecular flexibility index (Phi) is 5.34. The van der Waals surface area contributed by atoms with E-state index in [9.17, 15) is 9.18 Å². The van der Waals surface area contributed by atoms with Gasteiger partial charge < -0.3 is 10.2 Å². The van der Waals surface area contributed by atoms with E-state index in [1.165, 1.54) is 31.4 Å². The van der Waals surface area contributed by atoms with Crippen LogP contribution in [0.4, 0.5) is 4.39 Å². The summed E-state index contributed by atoms with van der Waals surface area (Å²) in [6, 6.07) is 4.13. The van der Waals surface area contributed by atoms with Gasteiger partial charge in [0.25, 0.3) is 5.91 Å². The number of hydrogen-bond donors (Lipinski definition) is 1. The monoisotopic (exact) mass is 328 g/mol. The first-order chi connectivity index (χ1) is 9.16. The average Bonchev–Trinajstić information content (AvgIpc) is 2.42. The van der Waals surface area contributed by atoms with E-state index < -0.39 is 5.82 Å². The van der Waals surface area contributed by atoms with E-state index in [2.05, 4.69) is 26.1 Å². The third-order valence-electron chi connectivity index (χ3n) is 3.34. The first kappa shape index (κ1) is 14.5. The number of piperidine rings is 1. The number of likely N-dealkylation sites (tertiary alicyclic amines) is 1. The lowest BCUT2D eigenvalue weighted by molar-refractivity contribution is 0.0945. The molecule has 1 aromatic carbocycles. The molecule has 1 fully saturated rings. The minimum absolute atomic E-state index is 0.233. The predicted molar refractivity (Wildman–Crippen MR) is 76.7 cm³/mol. The van der Waals surface area contributed by atoms with E-state index in [1.807, 2.05) is 0 Å². The molecule has 19 heavy (non-hydrogen) atoms. The highest BCUT2D eigenvalue weighted by Crippen LogP contribution is 2.17. The first-order valence-corrected chi connectivity index (χ1v) is 7.42. The molecule has 0 radical (unpaired) electrons. The Hall–Kier alpha value is -0.940. The van der Waals surface area contributed by atoms with Gasteiger partial charge >= 0.3 is 0 Å². The Bertz CT molecular complexity index is 447. The summed E-state index contributed by atoms with van der Waals surface area (Å²) in [6.07, 6.45) is 3.78. The fourth-order valence-corrected chi connectivity index (χ4v) is 2.70. The van der Waals surface area contributed by atoms with E-state index in [0.717, 1.165) is 19.6 Å². The van der Waals surface area contributed by atoms with Crippen LogP contribution < -0.4 is 5.32 Å². The molecule has 2 rings (SSSR count). The number of halogens is 2. The summed E-state index contributed by atoms with van der Waals surface area (Å²) in [5.74, 6) is -0.632. The summed E-state index contributed by atoms with van der Waals surface area (Å²) in [7, 11) is 0. The SMILES string of the molecule is O=C(NCCN1CCCCC1)c1cc(F)ccc1Br. The summed E-state index contributed by atoms with van der Waals surface area (Å²) >= 11 is 3.26. The number of rotatable bonds is 4. The van der Waals surface area contributed by atoms with Crippen LogP contribution in [-0.2, 0) is 0 Å². The van der Waals surface area contributed by atoms with Crippen molar-refractivity contribution in [2.45, 2.75) is 19.3 Å². The van der Waals surface area contributed by atoms with Crippen LogP contribution in [0.15, 0.2) is 22.7 Å². The molecule has 1 aromatic rings. The number of carbonyl (C=O) groups excluding carboxylic acids is 1. The summed E-state index contributed by atoms with van der Waals surface area (Å²) in [6.45, 7) is 3.68. The Morgan fingerprint density at radius 2 is 2.05 bits per heavy atom. The molecule has 0 atom stereocenters. The van der Waals surface area contributed by atoms with Crippen LogP contribution in [0.5, 0.6) is 0 Å². The molecule has 1 aliphatic heterocycles. The average molecular weight is 329 g/mol. The third-order valence-corrected chi connectivity index (χ3v) is 4.03. The fraction of sp³-hybridized carbons (Fsp3) is 0.500. The van der Waals surface area contributed by atoms with Crippen molar-refractivity contribution in [1.82, 2.24) is 10.2 Å². The van der Waals surface area contributed by atoms with Crippen LogP contribution in [0.25, 0.3) is 0 Å². The molecule has 0 unspecified atom stereocenters. The normalized spacial score (nSPS) is 16.3. The highest BCUT2D eigenvalue weighted by atomic mass is 79.9. The van der Waals surface area contributed by atoms with Gasteiger partial charge in [-0.1, -0.05) is 6.42 Å². The van der Waals surface area contributed by atoms with Gasteiger partial charge in [-0.15, -0.1) is 0 Å². The lowest BCUT2D eigenvalue weighted by Crippen LogP contribution is -2.37. The minimum Gasteiger partial charge on any atom is -0.351 e. The van der Waals surface area contributed by atoms with Crippen molar-refractivity contribution in [3.05, 3.63) is 34.1 Å². The van der Waals surface area contributed by atoms with E-state index in [0.29, 0.717) is 16.6 Å². The van der Waals surface area contributed by atoms with Gasteiger partial charge in [-0.25, -0.2) is 4.39 Å². The van der Waals surface area contributed by atoms with Gasteiger partial charge in [0.05, 0.1) is 5.56 Å². The number of hydrogen-bond acceptors (Lipinski definition) is 2. The van der Waals surface area contributed by atoms with Crippen LogP contribution in [0.3, 0.4) is 0 Å². The molecule has 0 aliphatic carbocycles. The Balaban J connectivity index is 1.82. The maximum atomic E-state index is 13.1. The van der Waals surface area contributed by atoms with Crippen molar-refractivity contribution >= 4 is 21.8 Å². The van der Waals surface area contributed by atoms with Crippen molar-refractivity contribution in [3.63, 3.8) is 0 Å². The van der Waals surface area contributed by atoms with Crippen molar-refractivity contribution < 1.29 is 9.18 Å². The zero-order valence-electron chi connectivity index (χ0n) is 10.8. The second kappa shape index (κ2) is 7.01. The summed E-state index contributed by atoms with van der Waals surface area (Å²) in [5.41, 5.74) is 0.346. The molecular formula is C14H18BrFN2O. The molecule has 3 nitrogen and oxygen atoms in total. The lowest BCUT2D eigenvalue weighted by Gasteiger charge is -2.26. The second-order valence-electron chi connectivity index (χ2n) is 4.78. The minimum atomic E-state index is -0.399. The summed E-state index contributed by atoms with van der Waals surface area (Å²) < 4.78 is 13.7. The lowest BCUT2D eigenvalue weighted by atomic mass is 10.1. The van der Waals surface area contributed by atoms with Gasteiger partial charge in [0.2, 0.25) is 0 Å². The van der Waals surface area contributed by atoms with Gasteiger partial charge in [-0.2, -0.15) is 0 Å². The van der Waals surface area contributed by atoms with Crippen molar-refractivity contribution in [1.29, 1.82) is 0 Å². The largest absolute Gasteiger partial charge is 0.351 e. The fourth-order valence-electron chi connectivity index (χ4n) is 2.28. The highest BCUT2D eigenvalue weighted by molar-refractivity contribution is 9.10. The van der Waals surface area contributed by atoms with E-state index in [1.54, 1.807) is 6.07 Å². The number of nitrogens with zero attached hydrogens (tertiary/aromatic N) is 1. The highest BCUT2D eigenvalue weighted by Gasteiger charge is 2.12. The zero-order valence-corrected chi connectivity index (χ0v) is 12.4. The predicted octanol–water partition coefficient (Wildman–Crippen LogP) is 2.80. The molecule has 0 saturated carbocycles. The first-order valence-electron chi connectivity index (χ1n) is 6.62. The van der Waals surface area contributed by atoms with Crippen molar-refractivity contribution in [2.24, 2.45) is 0 Å². The smallest absolute Gasteiger partial charge is 0.252 e. The van der Waals surface area contributed by atoms with E-state index >= 15 is 0 Å². The van der Waals surface area contributed by atoms with E-state index in [4.69, 9.17) is 0 Å². The molecule has 1 saturated heterocycles. The molecule has 0 bridgehead atoms. The zero-order chi connectivity index (χ0) is 13.7. The number of amides is 1. The summed E-state index contributed by atoms with van der Waals surface area (Å²) in [5, 5.41) is 2.84. The van der Waals surface area contributed by atoms with Crippen LogP contribution in [-0.4, -0.2) is 37.0 Å². The van der Waals surface area contributed by atoms with Crippen molar-refractivity contribution in [2.75, 3.05) is 26.2 Å². The third kappa shape index (κ3) is 4.28. The molecule has 104 valence electrons. The maximum absolute atomic E-state index is 13.1. The van der Waals surface area contributed by atoms with Gasteiger partial charge in [0.1, 0.15) is 5.82 Å². The maximum Gasteiger partial charge on any atom is 0.252 e. The Labute approximate surface area is 121 Å². The molecule has 5 heteroatoms. The van der Waals surface area contributed by atoms with Crippen molar-refractivity contribution in [3.8, 4) is 0 Å². The van der Waals surface area contributed by atoms with E-state index in [-0.39, 0.29) is 5.91 Å².